The van der Waals surface area contributed by atoms with Gasteiger partial charge < -0.3 is 5.11 Å². The first-order valence-electron chi connectivity index (χ1n) is 6.63. The minimum absolute atomic E-state index is 0.00625. The predicted octanol–water partition coefficient (Wildman–Crippen LogP) is 4.02. The Balaban J connectivity index is 2.56. The Hall–Kier alpha value is -2.67. The molecule has 0 radical (unpaired) electrons. The first-order chi connectivity index (χ1) is 10.1. The fourth-order valence-electron chi connectivity index (χ4n) is 2.26. The normalized spacial score (nSPS) is 10.1. The van der Waals surface area contributed by atoms with Crippen molar-refractivity contribution in [2.75, 3.05) is 0 Å². The Morgan fingerprint density at radius 2 is 1.90 bits per heavy atom. The van der Waals surface area contributed by atoms with Crippen molar-refractivity contribution < 1.29 is 14.3 Å². The van der Waals surface area contributed by atoms with Crippen LogP contribution < -0.4 is 0 Å². The molecular formula is C17H14FNO2. The van der Waals surface area contributed by atoms with Gasteiger partial charge in [0.15, 0.2) is 0 Å². The monoisotopic (exact) mass is 283 g/mol. The third-order valence-corrected chi connectivity index (χ3v) is 3.30. The largest absolute Gasteiger partial charge is 0.478 e. The number of nitriles is 1. The zero-order chi connectivity index (χ0) is 15.4. The Morgan fingerprint density at radius 1 is 1.24 bits per heavy atom. The van der Waals surface area contributed by atoms with Crippen LogP contribution in [0, 0.1) is 17.1 Å². The molecule has 2 aromatic carbocycles. The van der Waals surface area contributed by atoms with Crippen LogP contribution in [0.5, 0.6) is 0 Å². The molecule has 0 aromatic heterocycles. The van der Waals surface area contributed by atoms with E-state index in [2.05, 4.69) is 0 Å². The lowest BCUT2D eigenvalue weighted by molar-refractivity contribution is 0.0695. The maximum absolute atomic E-state index is 14.6. The van der Waals surface area contributed by atoms with Gasteiger partial charge in [-0.05, 0) is 30.2 Å². The predicted molar refractivity (Wildman–Crippen MR) is 77.5 cm³/mol. The number of halogens is 1. The van der Waals surface area contributed by atoms with Crippen molar-refractivity contribution in [1.82, 2.24) is 0 Å². The fraction of sp³-hybridized carbons (Fsp3) is 0.176. The topological polar surface area (TPSA) is 61.1 Å². The van der Waals surface area contributed by atoms with Crippen LogP contribution in [0.2, 0.25) is 0 Å². The van der Waals surface area contributed by atoms with Crippen LogP contribution in [0.15, 0.2) is 36.4 Å². The quantitative estimate of drug-likeness (QED) is 0.922. The average molecular weight is 283 g/mol. The van der Waals surface area contributed by atoms with Crippen LogP contribution in [0.3, 0.4) is 0 Å². The first kappa shape index (κ1) is 14.7. The highest BCUT2D eigenvalue weighted by molar-refractivity contribution is 5.90. The van der Waals surface area contributed by atoms with E-state index in [0.717, 1.165) is 0 Å². The van der Waals surface area contributed by atoms with Crippen molar-refractivity contribution in [2.24, 2.45) is 0 Å². The minimum Gasteiger partial charge on any atom is -0.478 e. The average Bonchev–Trinajstić information content (AvgIpc) is 2.49. The number of aromatic carboxylic acids is 1. The standard InChI is InChI=1S/C17H14FNO2/c1-2-3-14-15(17(20)21)9-8-13(16(14)18)12-6-4-11(10-19)5-7-12/h4-9H,2-3H2,1H3,(H,20,21). The van der Waals surface area contributed by atoms with E-state index in [1.165, 1.54) is 12.1 Å². The molecule has 1 N–H and O–H groups in total. The first-order valence-corrected chi connectivity index (χ1v) is 6.63. The second-order valence-electron chi connectivity index (χ2n) is 4.70. The van der Waals surface area contributed by atoms with Crippen molar-refractivity contribution in [1.29, 1.82) is 5.26 Å². The third kappa shape index (κ3) is 2.92. The van der Waals surface area contributed by atoms with Gasteiger partial charge in [-0.25, -0.2) is 9.18 Å². The zero-order valence-electron chi connectivity index (χ0n) is 11.6. The summed E-state index contributed by atoms with van der Waals surface area (Å²) in [6, 6.07) is 11.5. The lowest BCUT2D eigenvalue weighted by Gasteiger charge is -2.11. The molecule has 0 atom stereocenters. The van der Waals surface area contributed by atoms with Gasteiger partial charge in [-0.3, -0.25) is 0 Å². The summed E-state index contributed by atoms with van der Waals surface area (Å²) < 4.78 is 14.6. The highest BCUT2D eigenvalue weighted by Gasteiger charge is 2.17. The second kappa shape index (κ2) is 6.19. The highest BCUT2D eigenvalue weighted by Crippen LogP contribution is 2.28. The molecular weight excluding hydrogens is 269 g/mol. The minimum atomic E-state index is -1.12. The number of rotatable bonds is 4. The van der Waals surface area contributed by atoms with E-state index in [1.807, 2.05) is 13.0 Å². The van der Waals surface area contributed by atoms with Crippen LogP contribution in [-0.4, -0.2) is 11.1 Å². The molecule has 0 aliphatic heterocycles. The van der Waals surface area contributed by atoms with E-state index in [-0.39, 0.29) is 11.1 Å². The smallest absolute Gasteiger partial charge is 0.336 e. The van der Waals surface area contributed by atoms with Crippen molar-refractivity contribution in [3.63, 3.8) is 0 Å². The molecule has 0 bridgehead atoms. The number of carbonyl (C=O) groups is 1. The number of carboxylic acid groups (broad SMARTS) is 1. The molecule has 0 saturated carbocycles. The summed E-state index contributed by atoms with van der Waals surface area (Å²) in [5.41, 5.74) is 1.71. The van der Waals surface area contributed by atoms with Gasteiger partial charge in [-0.2, -0.15) is 5.26 Å². The van der Waals surface area contributed by atoms with Crippen LogP contribution in [0.1, 0.15) is 34.8 Å². The summed E-state index contributed by atoms with van der Waals surface area (Å²) in [5.74, 6) is -1.62. The Bertz CT molecular complexity index is 715. The third-order valence-electron chi connectivity index (χ3n) is 3.30. The molecule has 0 aliphatic rings. The molecule has 0 saturated heterocycles. The Labute approximate surface area is 122 Å². The van der Waals surface area contributed by atoms with Gasteiger partial charge in [0.1, 0.15) is 5.82 Å². The molecule has 3 nitrogen and oxygen atoms in total. The van der Waals surface area contributed by atoms with Gasteiger partial charge in [0.25, 0.3) is 0 Å². The number of benzene rings is 2. The fourth-order valence-corrected chi connectivity index (χ4v) is 2.26. The van der Waals surface area contributed by atoms with Gasteiger partial charge in [-0.15, -0.1) is 0 Å². The van der Waals surface area contributed by atoms with Crippen molar-refractivity contribution in [3.05, 3.63) is 58.9 Å². The molecule has 4 heteroatoms. The molecule has 0 heterocycles. The molecule has 21 heavy (non-hydrogen) atoms. The van der Waals surface area contributed by atoms with E-state index >= 15 is 0 Å². The van der Waals surface area contributed by atoms with Crippen LogP contribution in [0.4, 0.5) is 4.39 Å². The van der Waals surface area contributed by atoms with Gasteiger partial charge in [-0.1, -0.05) is 31.5 Å². The van der Waals surface area contributed by atoms with Crippen molar-refractivity contribution in [2.45, 2.75) is 19.8 Å². The zero-order valence-corrected chi connectivity index (χ0v) is 11.6. The molecule has 0 spiro atoms. The Kier molecular flexibility index (Phi) is 4.34. The number of nitrogens with zero attached hydrogens (tertiary/aromatic N) is 1. The van der Waals surface area contributed by atoms with E-state index in [4.69, 9.17) is 10.4 Å². The number of carboxylic acids is 1. The molecule has 0 fully saturated rings. The Morgan fingerprint density at radius 3 is 2.43 bits per heavy atom. The lowest BCUT2D eigenvalue weighted by Crippen LogP contribution is -2.06. The molecule has 2 rings (SSSR count). The molecule has 0 unspecified atom stereocenters. The van der Waals surface area contributed by atoms with Crippen LogP contribution in [-0.2, 0) is 6.42 Å². The van der Waals surface area contributed by atoms with Gasteiger partial charge >= 0.3 is 5.97 Å². The summed E-state index contributed by atoms with van der Waals surface area (Å²) in [6.07, 6.45) is 1.03. The molecule has 0 aliphatic carbocycles. The maximum atomic E-state index is 14.6. The molecule has 106 valence electrons. The number of hydrogen-bond donors (Lipinski definition) is 1. The summed E-state index contributed by atoms with van der Waals surface area (Å²) in [6.45, 7) is 1.87. The SMILES string of the molecule is CCCc1c(C(=O)O)ccc(-c2ccc(C#N)cc2)c1F. The summed E-state index contributed by atoms with van der Waals surface area (Å²) in [7, 11) is 0. The highest BCUT2D eigenvalue weighted by atomic mass is 19.1. The molecule has 2 aromatic rings. The maximum Gasteiger partial charge on any atom is 0.336 e. The summed E-state index contributed by atoms with van der Waals surface area (Å²) >= 11 is 0. The summed E-state index contributed by atoms with van der Waals surface area (Å²) in [4.78, 5) is 11.2. The second-order valence-corrected chi connectivity index (χ2v) is 4.70. The lowest BCUT2D eigenvalue weighted by atomic mass is 9.95. The van der Waals surface area contributed by atoms with E-state index in [1.54, 1.807) is 24.3 Å². The van der Waals surface area contributed by atoms with Gasteiger partial charge in [0, 0.05) is 11.1 Å². The molecule has 0 amide bonds. The van der Waals surface area contributed by atoms with Crippen LogP contribution >= 0.6 is 0 Å². The van der Waals surface area contributed by atoms with Gasteiger partial charge in [0.05, 0.1) is 17.2 Å². The van der Waals surface area contributed by atoms with Crippen molar-refractivity contribution >= 4 is 5.97 Å². The number of hydrogen-bond acceptors (Lipinski definition) is 2. The summed E-state index contributed by atoms with van der Waals surface area (Å²) in [5, 5.41) is 17.9. The van der Waals surface area contributed by atoms with Crippen LogP contribution in [0.25, 0.3) is 11.1 Å². The van der Waals surface area contributed by atoms with E-state index in [9.17, 15) is 9.18 Å². The van der Waals surface area contributed by atoms with Crippen molar-refractivity contribution in [3.8, 4) is 17.2 Å². The van der Waals surface area contributed by atoms with E-state index in [0.29, 0.717) is 29.5 Å². The van der Waals surface area contributed by atoms with Gasteiger partial charge in [0.2, 0.25) is 0 Å². The van der Waals surface area contributed by atoms with E-state index < -0.39 is 11.8 Å².